The van der Waals surface area contributed by atoms with Crippen LogP contribution >= 0.6 is 11.8 Å². The first-order valence-corrected chi connectivity index (χ1v) is 9.56. The van der Waals surface area contributed by atoms with Crippen LogP contribution in [-0.2, 0) is 0 Å². The molecule has 1 saturated heterocycles. The molecule has 5 nitrogen and oxygen atoms in total. The Hall–Kier alpha value is -2.34. The molecule has 138 valence electrons. The fourth-order valence-electron chi connectivity index (χ4n) is 3.13. The Morgan fingerprint density at radius 3 is 2.65 bits per heavy atom. The van der Waals surface area contributed by atoms with Crippen LogP contribution in [0.1, 0.15) is 22.1 Å². The fraction of sp³-hybridized carbons (Fsp3) is 0.350. The van der Waals surface area contributed by atoms with Gasteiger partial charge in [0, 0.05) is 18.4 Å². The molecule has 1 aliphatic heterocycles. The number of ether oxygens (including phenoxy) is 2. The van der Waals surface area contributed by atoms with Crippen molar-refractivity contribution < 1.29 is 14.3 Å². The third-order valence-electron chi connectivity index (χ3n) is 4.49. The summed E-state index contributed by atoms with van der Waals surface area (Å²) >= 11 is 1.79. The maximum atomic E-state index is 12.9. The molecule has 26 heavy (non-hydrogen) atoms. The van der Waals surface area contributed by atoms with Crippen LogP contribution in [0.5, 0.6) is 11.5 Å². The van der Waals surface area contributed by atoms with Gasteiger partial charge in [-0.15, -0.1) is 11.8 Å². The van der Waals surface area contributed by atoms with E-state index in [1.54, 1.807) is 44.2 Å². The molecule has 2 aromatic carbocycles. The second-order valence-electron chi connectivity index (χ2n) is 6.27. The summed E-state index contributed by atoms with van der Waals surface area (Å²) < 4.78 is 10.6. The number of benzene rings is 2. The minimum absolute atomic E-state index is 0.0276. The van der Waals surface area contributed by atoms with E-state index in [4.69, 9.17) is 9.47 Å². The van der Waals surface area contributed by atoms with Crippen LogP contribution in [0, 0.1) is 13.8 Å². The first kappa shape index (κ1) is 18.5. The van der Waals surface area contributed by atoms with Crippen molar-refractivity contribution in [2.45, 2.75) is 19.2 Å². The molecule has 2 amide bonds. The first-order valence-electron chi connectivity index (χ1n) is 8.52. The molecule has 0 saturated carbocycles. The molecule has 0 bridgehead atoms. The predicted octanol–water partition coefficient (Wildman–Crippen LogP) is 4.60. The predicted molar refractivity (Wildman–Crippen MR) is 106 cm³/mol. The maximum absolute atomic E-state index is 12.9. The van der Waals surface area contributed by atoms with Gasteiger partial charge in [-0.05, 0) is 37.1 Å². The molecule has 3 rings (SSSR count). The second-order valence-corrected chi connectivity index (χ2v) is 7.46. The van der Waals surface area contributed by atoms with Crippen molar-refractivity contribution in [1.82, 2.24) is 4.90 Å². The van der Waals surface area contributed by atoms with Crippen LogP contribution < -0.4 is 14.8 Å². The van der Waals surface area contributed by atoms with Crippen molar-refractivity contribution in [2.24, 2.45) is 0 Å². The third kappa shape index (κ3) is 3.75. The summed E-state index contributed by atoms with van der Waals surface area (Å²) in [6, 6.07) is 11.6. The number of amides is 2. The highest BCUT2D eigenvalue weighted by molar-refractivity contribution is 7.99. The minimum atomic E-state index is -0.122. The van der Waals surface area contributed by atoms with Gasteiger partial charge in [0.2, 0.25) is 0 Å². The van der Waals surface area contributed by atoms with Crippen molar-refractivity contribution in [3.63, 3.8) is 0 Å². The van der Waals surface area contributed by atoms with Crippen molar-refractivity contribution in [2.75, 3.05) is 31.8 Å². The maximum Gasteiger partial charge on any atom is 0.323 e. The van der Waals surface area contributed by atoms with Crippen LogP contribution in [0.4, 0.5) is 10.5 Å². The highest BCUT2D eigenvalue weighted by Gasteiger charge is 2.32. The molecule has 1 N–H and O–H groups in total. The number of methoxy groups -OCH3 is 2. The normalized spacial score (nSPS) is 16.5. The number of nitrogens with zero attached hydrogens (tertiary/aromatic N) is 1. The zero-order valence-corrected chi connectivity index (χ0v) is 16.4. The van der Waals surface area contributed by atoms with Gasteiger partial charge in [-0.25, -0.2) is 4.79 Å². The molecule has 0 aromatic heterocycles. The Morgan fingerprint density at radius 1 is 1.15 bits per heavy atom. The van der Waals surface area contributed by atoms with Crippen LogP contribution in [0.15, 0.2) is 36.4 Å². The van der Waals surface area contributed by atoms with E-state index in [0.29, 0.717) is 23.7 Å². The second kappa shape index (κ2) is 7.91. The number of urea groups is 1. The van der Waals surface area contributed by atoms with Gasteiger partial charge in [0.15, 0.2) is 0 Å². The number of thioether (sulfide) groups is 1. The number of hydrogen-bond acceptors (Lipinski definition) is 4. The molecule has 0 unspecified atom stereocenters. The summed E-state index contributed by atoms with van der Waals surface area (Å²) in [5.41, 5.74) is 4.27. The average Bonchev–Trinajstić information content (AvgIpc) is 3.11. The monoisotopic (exact) mass is 372 g/mol. The largest absolute Gasteiger partial charge is 0.497 e. The van der Waals surface area contributed by atoms with Crippen LogP contribution in [-0.4, -0.2) is 37.4 Å². The summed E-state index contributed by atoms with van der Waals surface area (Å²) in [5, 5.41) is 3.01. The SMILES string of the molecule is COc1ccc(NC(=O)N2CCS[C@H]2c2ccc(C)cc2C)c(OC)c1. The zero-order chi connectivity index (χ0) is 18.7. The Balaban J connectivity index is 1.81. The Morgan fingerprint density at radius 2 is 1.96 bits per heavy atom. The lowest BCUT2D eigenvalue weighted by molar-refractivity contribution is 0.214. The summed E-state index contributed by atoms with van der Waals surface area (Å²) in [4.78, 5) is 14.8. The van der Waals surface area contributed by atoms with E-state index in [0.717, 1.165) is 5.75 Å². The van der Waals surface area contributed by atoms with E-state index in [1.165, 1.54) is 16.7 Å². The van der Waals surface area contributed by atoms with E-state index < -0.39 is 0 Å². The molecule has 6 heteroatoms. The lowest BCUT2D eigenvalue weighted by Crippen LogP contribution is -2.34. The molecule has 1 atom stereocenters. The van der Waals surface area contributed by atoms with Crippen molar-refractivity contribution in [1.29, 1.82) is 0 Å². The summed E-state index contributed by atoms with van der Waals surface area (Å²) in [6.45, 7) is 4.90. The van der Waals surface area contributed by atoms with Gasteiger partial charge in [-0.1, -0.05) is 23.8 Å². The number of hydrogen-bond donors (Lipinski definition) is 1. The summed E-state index contributed by atoms with van der Waals surface area (Å²) in [6.07, 6.45) is 0. The van der Waals surface area contributed by atoms with E-state index >= 15 is 0 Å². The molecule has 0 aliphatic carbocycles. The van der Waals surface area contributed by atoms with Gasteiger partial charge in [0.25, 0.3) is 0 Å². The molecule has 0 radical (unpaired) electrons. The Labute approximate surface area is 158 Å². The lowest BCUT2D eigenvalue weighted by atomic mass is 10.1. The fourth-order valence-corrected chi connectivity index (χ4v) is 4.48. The number of nitrogens with one attached hydrogen (secondary N) is 1. The van der Waals surface area contributed by atoms with Gasteiger partial charge in [-0.3, -0.25) is 0 Å². The Kier molecular flexibility index (Phi) is 5.61. The zero-order valence-electron chi connectivity index (χ0n) is 15.5. The number of rotatable bonds is 4. The van der Waals surface area contributed by atoms with Gasteiger partial charge in [-0.2, -0.15) is 0 Å². The van der Waals surface area contributed by atoms with Crippen LogP contribution in [0.25, 0.3) is 0 Å². The van der Waals surface area contributed by atoms with E-state index in [1.807, 2.05) is 4.90 Å². The molecule has 1 aliphatic rings. The van der Waals surface area contributed by atoms with E-state index in [2.05, 4.69) is 37.4 Å². The van der Waals surface area contributed by atoms with Crippen molar-refractivity contribution in [3.8, 4) is 11.5 Å². The van der Waals surface area contributed by atoms with Crippen LogP contribution in [0.2, 0.25) is 0 Å². The highest BCUT2D eigenvalue weighted by atomic mass is 32.2. The molecule has 1 heterocycles. The minimum Gasteiger partial charge on any atom is -0.497 e. The first-order chi connectivity index (χ1) is 12.5. The molecule has 1 fully saturated rings. The molecular formula is C20H24N2O3S. The molecular weight excluding hydrogens is 348 g/mol. The molecule has 0 spiro atoms. The Bertz CT molecular complexity index is 810. The molecule has 2 aromatic rings. The number of carbonyl (C=O) groups excluding carboxylic acids is 1. The van der Waals surface area contributed by atoms with E-state index in [-0.39, 0.29) is 11.4 Å². The smallest absolute Gasteiger partial charge is 0.323 e. The average molecular weight is 372 g/mol. The topological polar surface area (TPSA) is 50.8 Å². The quantitative estimate of drug-likeness (QED) is 0.852. The third-order valence-corrected chi connectivity index (χ3v) is 5.74. The number of carbonyl (C=O) groups is 1. The van der Waals surface area contributed by atoms with E-state index in [9.17, 15) is 4.79 Å². The van der Waals surface area contributed by atoms with Gasteiger partial charge in [0.05, 0.1) is 19.9 Å². The lowest BCUT2D eigenvalue weighted by Gasteiger charge is -2.26. The number of aryl methyl sites for hydroxylation is 2. The standard InChI is InChI=1S/C20H24N2O3S/c1-13-5-7-16(14(2)11-13)19-22(9-10-26-19)20(23)21-17-8-6-15(24-3)12-18(17)25-4/h5-8,11-12,19H,9-10H2,1-4H3,(H,21,23)/t19-/m0/s1. The summed E-state index contributed by atoms with van der Waals surface area (Å²) in [7, 11) is 3.18. The van der Waals surface area contributed by atoms with Crippen molar-refractivity contribution in [3.05, 3.63) is 53.1 Å². The van der Waals surface area contributed by atoms with Crippen molar-refractivity contribution >= 4 is 23.5 Å². The number of anilines is 1. The summed E-state index contributed by atoms with van der Waals surface area (Å²) in [5.74, 6) is 2.18. The van der Waals surface area contributed by atoms with Gasteiger partial charge < -0.3 is 19.7 Å². The van der Waals surface area contributed by atoms with Gasteiger partial charge in [0.1, 0.15) is 16.9 Å². The van der Waals surface area contributed by atoms with Gasteiger partial charge >= 0.3 is 6.03 Å². The highest BCUT2D eigenvalue weighted by Crippen LogP contribution is 2.40. The van der Waals surface area contributed by atoms with Crippen LogP contribution in [0.3, 0.4) is 0 Å².